The van der Waals surface area contributed by atoms with Crippen LogP contribution in [-0.2, 0) is 4.79 Å². The van der Waals surface area contributed by atoms with Crippen LogP contribution in [0.15, 0.2) is 24.3 Å². The number of amides is 1. The second kappa shape index (κ2) is 5.86. The van der Waals surface area contributed by atoms with Gasteiger partial charge in [0, 0.05) is 19.2 Å². The van der Waals surface area contributed by atoms with Gasteiger partial charge in [-0.3, -0.25) is 4.79 Å². The van der Waals surface area contributed by atoms with E-state index < -0.39 is 11.8 Å². The largest absolute Gasteiger partial charge is 0.478 e. The van der Waals surface area contributed by atoms with Gasteiger partial charge >= 0.3 is 5.97 Å². The summed E-state index contributed by atoms with van der Waals surface area (Å²) in [5.41, 5.74) is 0.482. The molecule has 2 rings (SSSR count). The van der Waals surface area contributed by atoms with Crippen LogP contribution in [0.3, 0.4) is 0 Å². The maximum absolute atomic E-state index is 13.8. The number of hydrogen-bond donors (Lipinski definition) is 1. The van der Waals surface area contributed by atoms with Crippen molar-refractivity contribution in [2.24, 2.45) is 5.92 Å². The molecule has 1 unspecified atom stereocenters. The number of carboxylic acid groups (broad SMARTS) is 1. The van der Waals surface area contributed by atoms with Gasteiger partial charge in [0.15, 0.2) is 0 Å². The van der Waals surface area contributed by atoms with E-state index in [9.17, 15) is 14.0 Å². The summed E-state index contributed by atoms with van der Waals surface area (Å²) >= 11 is 0. The Morgan fingerprint density at radius 1 is 1.45 bits per heavy atom. The molecule has 1 heterocycles. The van der Waals surface area contributed by atoms with Crippen LogP contribution in [0.4, 0.5) is 4.39 Å². The summed E-state index contributed by atoms with van der Waals surface area (Å²) in [7, 11) is 0. The number of nitrogens with zero attached hydrogens (tertiary/aromatic N) is 1. The number of likely N-dealkylation sites (tertiary alicyclic amines) is 1. The Kier molecular flexibility index (Phi) is 4.17. The molecule has 1 aliphatic heterocycles. The minimum Gasteiger partial charge on any atom is -0.478 e. The molecule has 1 aromatic carbocycles. The van der Waals surface area contributed by atoms with Gasteiger partial charge in [-0.25, -0.2) is 9.18 Å². The number of carbonyl (C=O) groups is 2. The van der Waals surface area contributed by atoms with Gasteiger partial charge in [0.1, 0.15) is 5.82 Å². The molecule has 0 saturated carbocycles. The number of hydrogen-bond acceptors (Lipinski definition) is 2. The molecule has 1 N–H and O–H groups in total. The quantitative estimate of drug-likeness (QED) is 0.863. The van der Waals surface area contributed by atoms with Gasteiger partial charge in [-0.1, -0.05) is 13.0 Å². The van der Waals surface area contributed by atoms with Crippen molar-refractivity contribution in [2.45, 2.75) is 13.3 Å². The van der Waals surface area contributed by atoms with Crippen LogP contribution < -0.4 is 0 Å². The Morgan fingerprint density at radius 2 is 2.20 bits per heavy atom. The van der Waals surface area contributed by atoms with Crippen LogP contribution in [0.25, 0.3) is 6.08 Å². The molecule has 1 amide bonds. The van der Waals surface area contributed by atoms with Crippen molar-refractivity contribution >= 4 is 18.0 Å². The number of carbonyl (C=O) groups excluding carboxylic acids is 1. The highest BCUT2D eigenvalue weighted by atomic mass is 19.1. The highest BCUT2D eigenvalue weighted by Crippen LogP contribution is 2.20. The molecule has 1 fully saturated rings. The van der Waals surface area contributed by atoms with Gasteiger partial charge in [-0.2, -0.15) is 0 Å². The van der Waals surface area contributed by atoms with Gasteiger partial charge in [0.25, 0.3) is 5.91 Å². The molecule has 1 aromatic rings. The minimum absolute atomic E-state index is 0.00774. The van der Waals surface area contributed by atoms with E-state index in [4.69, 9.17) is 5.11 Å². The Morgan fingerprint density at radius 3 is 2.80 bits per heavy atom. The summed E-state index contributed by atoms with van der Waals surface area (Å²) < 4.78 is 13.8. The van der Waals surface area contributed by atoms with E-state index >= 15 is 0 Å². The Balaban J connectivity index is 2.24. The molecule has 0 aromatic heterocycles. The van der Waals surface area contributed by atoms with Crippen molar-refractivity contribution in [1.82, 2.24) is 4.90 Å². The molecule has 0 bridgehead atoms. The predicted molar refractivity (Wildman–Crippen MR) is 72.8 cm³/mol. The Hall–Kier alpha value is -2.17. The summed E-state index contributed by atoms with van der Waals surface area (Å²) in [4.78, 5) is 24.3. The molecule has 20 heavy (non-hydrogen) atoms. The van der Waals surface area contributed by atoms with E-state index in [0.717, 1.165) is 12.5 Å². The minimum atomic E-state index is -1.09. The van der Waals surface area contributed by atoms with Crippen molar-refractivity contribution in [1.29, 1.82) is 0 Å². The van der Waals surface area contributed by atoms with E-state index in [1.807, 2.05) is 0 Å². The van der Waals surface area contributed by atoms with E-state index in [-0.39, 0.29) is 11.5 Å². The Labute approximate surface area is 116 Å². The maximum Gasteiger partial charge on any atom is 0.328 e. The van der Waals surface area contributed by atoms with Gasteiger partial charge in [0.05, 0.1) is 5.56 Å². The molecular weight excluding hydrogens is 261 g/mol. The topological polar surface area (TPSA) is 57.6 Å². The monoisotopic (exact) mass is 277 g/mol. The molecule has 0 radical (unpaired) electrons. The zero-order valence-corrected chi connectivity index (χ0v) is 11.2. The fraction of sp³-hybridized carbons (Fsp3) is 0.333. The first-order chi connectivity index (χ1) is 9.47. The average Bonchev–Trinajstić information content (AvgIpc) is 2.83. The first-order valence-electron chi connectivity index (χ1n) is 6.47. The van der Waals surface area contributed by atoms with E-state index in [1.165, 1.54) is 24.3 Å². The van der Waals surface area contributed by atoms with Gasteiger partial charge in [-0.15, -0.1) is 0 Å². The second-order valence-corrected chi connectivity index (χ2v) is 5.06. The number of halogens is 1. The van der Waals surface area contributed by atoms with Crippen LogP contribution in [0.5, 0.6) is 0 Å². The normalized spacial score (nSPS) is 18.7. The second-order valence-electron chi connectivity index (χ2n) is 5.06. The molecule has 0 spiro atoms. The summed E-state index contributed by atoms with van der Waals surface area (Å²) in [5.74, 6) is -1.58. The zero-order chi connectivity index (χ0) is 14.7. The van der Waals surface area contributed by atoms with E-state index in [2.05, 4.69) is 6.92 Å². The zero-order valence-electron chi connectivity index (χ0n) is 11.2. The molecular formula is C15H16FNO3. The molecule has 4 nitrogen and oxygen atoms in total. The van der Waals surface area contributed by atoms with Crippen molar-refractivity contribution < 1.29 is 19.1 Å². The molecule has 106 valence electrons. The van der Waals surface area contributed by atoms with Crippen LogP contribution in [-0.4, -0.2) is 35.0 Å². The van der Waals surface area contributed by atoms with Crippen LogP contribution in [0.2, 0.25) is 0 Å². The van der Waals surface area contributed by atoms with Crippen molar-refractivity contribution in [3.05, 3.63) is 41.2 Å². The third-order valence-corrected chi connectivity index (χ3v) is 3.35. The number of carboxylic acids is 1. The third-order valence-electron chi connectivity index (χ3n) is 3.35. The number of aliphatic carboxylic acids is 1. The lowest BCUT2D eigenvalue weighted by Gasteiger charge is -2.16. The summed E-state index contributed by atoms with van der Waals surface area (Å²) in [6.45, 7) is 3.32. The molecule has 5 heteroatoms. The van der Waals surface area contributed by atoms with Crippen molar-refractivity contribution in [3.8, 4) is 0 Å². The number of benzene rings is 1. The lowest BCUT2D eigenvalue weighted by molar-refractivity contribution is -0.131. The van der Waals surface area contributed by atoms with Gasteiger partial charge in [-0.05, 0) is 36.1 Å². The Bertz CT molecular complexity index is 568. The van der Waals surface area contributed by atoms with E-state index in [0.29, 0.717) is 24.6 Å². The van der Waals surface area contributed by atoms with Gasteiger partial charge < -0.3 is 10.0 Å². The fourth-order valence-corrected chi connectivity index (χ4v) is 2.27. The van der Waals surface area contributed by atoms with Crippen LogP contribution in [0, 0.1) is 11.7 Å². The highest BCUT2D eigenvalue weighted by molar-refractivity contribution is 5.95. The molecule has 1 aliphatic rings. The predicted octanol–water partition coefficient (Wildman–Crippen LogP) is 2.41. The van der Waals surface area contributed by atoms with Crippen molar-refractivity contribution in [2.75, 3.05) is 13.1 Å². The van der Waals surface area contributed by atoms with E-state index in [1.54, 1.807) is 4.90 Å². The van der Waals surface area contributed by atoms with Crippen LogP contribution in [0.1, 0.15) is 29.3 Å². The molecule has 1 atom stereocenters. The lowest BCUT2D eigenvalue weighted by atomic mass is 10.1. The molecule has 1 saturated heterocycles. The smallest absolute Gasteiger partial charge is 0.328 e. The fourth-order valence-electron chi connectivity index (χ4n) is 2.27. The maximum atomic E-state index is 13.8. The van der Waals surface area contributed by atoms with Crippen LogP contribution >= 0.6 is 0 Å². The lowest BCUT2D eigenvalue weighted by Crippen LogP contribution is -2.29. The third kappa shape index (κ3) is 3.23. The van der Waals surface area contributed by atoms with Gasteiger partial charge in [0.2, 0.25) is 0 Å². The van der Waals surface area contributed by atoms with Crippen molar-refractivity contribution in [3.63, 3.8) is 0 Å². The SMILES string of the molecule is CC1CCN(C(=O)c2cc(C=CC(=O)O)ccc2F)C1. The molecule has 0 aliphatic carbocycles. The standard InChI is InChI=1S/C15H16FNO3/c1-10-6-7-17(9-10)15(20)12-8-11(2-4-13(12)16)3-5-14(18)19/h2-5,8,10H,6-7,9H2,1H3,(H,18,19). The summed E-state index contributed by atoms with van der Waals surface area (Å²) in [5, 5.41) is 8.57. The highest BCUT2D eigenvalue weighted by Gasteiger charge is 2.25. The first kappa shape index (κ1) is 14.2. The summed E-state index contributed by atoms with van der Waals surface area (Å²) in [6.07, 6.45) is 3.22. The number of rotatable bonds is 3. The first-order valence-corrected chi connectivity index (χ1v) is 6.47. The average molecular weight is 277 g/mol. The summed E-state index contributed by atoms with van der Waals surface area (Å²) in [6, 6.07) is 4.02.